The van der Waals surface area contributed by atoms with E-state index in [0.29, 0.717) is 17.3 Å². The van der Waals surface area contributed by atoms with Crippen LogP contribution >= 0.6 is 11.3 Å². The molecule has 0 aliphatic rings. The number of fused-ring (bicyclic) bond motifs is 1. The molecule has 132 valence electrons. The van der Waals surface area contributed by atoms with Gasteiger partial charge in [0, 0.05) is 6.20 Å². The van der Waals surface area contributed by atoms with Crippen LogP contribution in [-0.2, 0) is 10.3 Å². The topological polar surface area (TPSA) is 81.9 Å². The first kappa shape index (κ1) is 17.3. The van der Waals surface area contributed by atoms with E-state index in [0.717, 1.165) is 21.5 Å². The number of hydrogen-bond acceptors (Lipinski definition) is 7. The third-order valence-electron chi connectivity index (χ3n) is 3.72. The van der Waals surface area contributed by atoms with Crippen LogP contribution in [0.1, 0.15) is 42.9 Å². The van der Waals surface area contributed by atoms with Crippen molar-refractivity contribution < 1.29 is 9.53 Å². The Labute approximate surface area is 150 Å². The maximum Gasteiger partial charge on any atom is 0.348 e. The van der Waals surface area contributed by atoms with E-state index < -0.39 is 0 Å². The second-order valence-electron chi connectivity index (χ2n) is 6.65. The Kier molecular flexibility index (Phi) is 4.47. The summed E-state index contributed by atoms with van der Waals surface area (Å²) in [7, 11) is 0. The second kappa shape index (κ2) is 6.44. The lowest BCUT2D eigenvalue weighted by atomic mass is 10.1. The number of hydrogen-bond donors (Lipinski definition) is 1. The summed E-state index contributed by atoms with van der Waals surface area (Å²) in [6.07, 6.45) is 5.18. The van der Waals surface area contributed by atoms with Crippen LogP contribution in [0, 0.1) is 6.92 Å². The first-order valence-corrected chi connectivity index (χ1v) is 8.86. The van der Waals surface area contributed by atoms with E-state index in [-0.39, 0.29) is 11.5 Å². The summed E-state index contributed by atoms with van der Waals surface area (Å²) in [6, 6.07) is 0. The number of anilines is 2. The zero-order valence-corrected chi connectivity index (χ0v) is 15.8. The molecule has 0 aliphatic heterocycles. The summed E-state index contributed by atoms with van der Waals surface area (Å²) in [4.78, 5) is 22.1. The van der Waals surface area contributed by atoms with Crippen LogP contribution in [-0.4, -0.2) is 32.3 Å². The molecule has 3 heterocycles. The summed E-state index contributed by atoms with van der Waals surface area (Å²) in [5, 5.41) is 8.50. The summed E-state index contributed by atoms with van der Waals surface area (Å²) < 4.78 is 7.01. The molecule has 7 nitrogen and oxygen atoms in total. The number of ether oxygens (including phenoxy) is 1. The molecule has 0 unspecified atom stereocenters. The third kappa shape index (κ3) is 3.34. The Morgan fingerprint density at radius 3 is 2.76 bits per heavy atom. The number of carbonyl (C=O) groups is 1. The van der Waals surface area contributed by atoms with Gasteiger partial charge in [-0.15, -0.1) is 11.3 Å². The van der Waals surface area contributed by atoms with E-state index in [1.807, 2.05) is 17.8 Å². The fourth-order valence-electron chi connectivity index (χ4n) is 2.45. The smallest absolute Gasteiger partial charge is 0.348 e. The Morgan fingerprint density at radius 2 is 2.12 bits per heavy atom. The average Bonchev–Trinajstić information content (AvgIpc) is 3.13. The van der Waals surface area contributed by atoms with Crippen molar-refractivity contribution in [3.63, 3.8) is 0 Å². The molecule has 25 heavy (non-hydrogen) atoms. The van der Waals surface area contributed by atoms with Gasteiger partial charge in [-0.2, -0.15) is 5.10 Å². The third-order valence-corrected chi connectivity index (χ3v) is 4.90. The molecule has 0 radical (unpaired) electrons. The van der Waals surface area contributed by atoms with E-state index >= 15 is 0 Å². The minimum atomic E-state index is -0.325. The van der Waals surface area contributed by atoms with Crippen LogP contribution in [0.3, 0.4) is 0 Å². The monoisotopic (exact) mass is 359 g/mol. The zero-order chi connectivity index (χ0) is 18.2. The van der Waals surface area contributed by atoms with Gasteiger partial charge in [0.15, 0.2) is 0 Å². The first-order chi connectivity index (χ1) is 11.8. The summed E-state index contributed by atoms with van der Waals surface area (Å²) in [6.45, 7) is 10.3. The van der Waals surface area contributed by atoms with Crippen molar-refractivity contribution in [3.8, 4) is 0 Å². The number of nitrogens with one attached hydrogen (secondary N) is 1. The molecular weight excluding hydrogens is 338 g/mol. The predicted molar refractivity (Wildman–Crippen MR) is 98.6 cm³/mol. The van der Waals surface area contributed by atoms with E-state index in [4.69, 9.17) is 4.74 Å². The largest absolute Gasteiger partial charge is 0.462 e. The number of thiophene rings is 1. The minimum absolute atomic E-state index is 0.101. The van der Waals surface area contributed by atoms with Crippen molar-refractivity contribution in [1.29, 1.82) is 0 Å². The Hall–Kier alpha value is -2.48. The van der Waals surface area contributed by atoms with Gasteiger partial charge in [-0.3, -0.25) is 4.68 Å². The van der Waals surface area contributed by atoms with Crippen molar-refractivity contribution in [3.05, 3.63) is 29.2 Å². The van der Waals surface area contributed by atoms with Crippen LogP contribution < -0.4 is 5.32 Å². The molecule has 0 atom stereocenters. The summed E-state index contributed by atoms with van der Waals surface area (Å²) in [5.41, 5.74) is 1.55. The number of esters is 1. The molecule has 1 N–H and O–H groups in total. The van der Waals surface area contributed by atoms with Crippen LogP contribution in [0.4, 0.5) is 11.5 Å². The number of aromatic nitrogens is 4. The fraction of sp³-hybridized carbons (Fsp3) is 0.412. The highest BCUT2D eigenvalue weighted by molar-refractivity contribution is 7.20. The number of aryl methyl sites for hydroxylation is 1. The lowest BCUT2D eigenvalue weighted by molar-refractivity contribution is 0.0531. The van der Waals surface area contributed by atoms with Gasteiger partial charge in [-0.25, -0.2) is 14.8 Å². The van der Waals surface area contributed by atoms with Crippen molar-refractivity contribution in [2.24, 2.45) is 0 Å². The lowest BCUT2D eigenvalue weighted by Crippen LogP contribution is -2.21. The molecule has 0 amide bonds. The van der Waals surface area contributed by atoms with E-state index in [2.05, 4.69) is 41.2 Å². The molecule has 0 saturated heterocycles. The Balaban J connectivity index is 1.99. The highest BCUT2D eigenvalue weighted by atomic mass is 32.1. The van der Waals surface area contributed by atoms with Crippen molar-refractivity contribution in [1.82, 2.24) is 19.7 Å². The zero-order valence-electron chi connectivity index (χ0n) is 15.0. The van der Waals surface area contributed by atoms with Gasteiger partial charge >= 0.3 is 5.97 Å². The molecule has 3 aromatic rings. The summed E-state index contributed by atoms with van der Waals surface area (Å²) in [5.74, 6) is 0.331. The Morgan fingerprint density at radius 1 is 1.36 bits per heavy atom. The normalized spacial score (nSPS) is 11.7. The van der Waals surface area contributed by atoms with Crippen LogP contribution in [0.25, 0.3) is 10.2 Å². The molecule has 0 bridgehead atoms. The quantitative estimate of drug-likeness (QED) is 0.712. The van der Waals surface area contributed by atoms with E-state index in [1.165, 1.54) is 17.7 Å². The van der Waals surface area contributed by atoms with Gasteiger partial charge in [0.1, 0.15) is 21.9 Å². The van der Waals surface area contributed by atoms with Crippen molar-refractivity contribution >= 4 is 39.0 Å². The summed E-state index contributed by atoms with van der Waals surface area (Å²) >= 11 is 1.32. The molecule has 3 aromatic heterocycles. The highest BCUT2D eigenvalue weighted by Crippen LogP contribution is 2.34. The van der Waals surface area contributed by atoms with Gasteiger partial charge in [-0.1, -0.05) is 0 Å². The van der Waals surface area contributed by atoms with E-state index in [9.17, 15) is 4.79 Å². The first-order valence-electron chi connectivity index (χ1n) is 8.04. The fourth-order valence-corrected chi connectivity index (χ4v) is 3.49. The molecule has 8 heteroatoms. The van der Waals surface area contributed by atoms with Crippen LogP contribution in [0.5, 0.6) is 0 Å². The molecule has 0 saturated carbocycles. The van der Waals surface area contributed by atoms with Gasteiger partial charge in [0.25, 0.3) is 0 Å². The van der Waals surface area contributed by atoms with Gasteiger partial charge in [0.05, 0.1) is 29.4 Å². The maximum atomic E-state index is 12.1. The number of nitrogens with zero attached hydrogens (tertiary/aromatic N) is 4. The SMILES string of the molecule is CCOC(=O)c1sc2ncnc(Nc3cnn(C(C)(C)C)c3)c2c1C. The second-order valence-corrected chi connectivity index (χ2v) is 7.65. The van der Waals surface area contributed by atoms with Crippen molar-refractivity contribution in [2.75, 3.05) is 11.9 Å². The number of carbonyl (C=O) groups excluding carboxylic acids is 1. The lowest BCUT2D eigenvalue weighted by Gasteiger charge is -2.18. The van der Waals surface area contributed by atoms with Crippen LogP contribution in [0.15, 0.2) is 18.7 Å². The molecule has 3 rings (SSSR count). The van der Waals surface area contributed by atoms with Crippen molar-refractivity contribution in [2.45, 2.75) is 40.2 Å². The Bertz CT molecular complexity index is 923. The van der Waals surface area contributed by atoms with Gasteiger partial charge in [-0.05, 0) is 40.2 Å². The molecule has 0 fully saturated rings. The maximum absolute atomic E-state index is 12.1. The molecular formula is C17H21N5O2S. The highest BCUT2D eigenvalue weighted by Gasteiger charge is 2.21. The molecule has 0 aromatic carbocycles. The van der Waals surface area contributed by atoms with E-state index in [1.54, 1.807) is 13.1 Å². The van der Waals surface area contributed by atoms with Gasteiger partial charge < -0.3 is 10.1 Å². The minimum Gasteiger partial charge on any atom is -0.462 e. The average molecular weight is 359 g/mol. The molecule has 0 aliphatic carbocycles. The standard InChI is InChI=1S/C17H21N5O2S/c1-6-24-16(23)13-10(2)12-14(18-9-19-15(12)25-13)21-11-7-20-22(8-11)17(3,4)5/h7-9H,6H2,1-5H3,(H,18,19,21). The molecule has 0 spiro atoms. The van der Waals surface area contributed by atoms with Crippen LogP contribution in [0.2, 0.25) is 0 Å². The predicted octanol–water partition coefficient (Wildman–Crippen LogP) is 3.87. The van der Waals surface area contributed by atoms with Gasteiger partial charge in [0.2, 0.25) is 0 Å². The number of rotatable bonds is 4.